The van der Waals surface area contributed by atoms with Crippen molar-refractivity contribution in [2.24, 2.45) is 5.92 Å². The Balaban J connectivity index is 1.71. The molecular formula is C21H27N3O3. The molecule has 27 heavy (non-hydrogen) atoms. The molecule has 1 atom stereocenters. The number of carbonyl (C=O) groups is 1. The third kappa shape index (κ3) is 4.83. The normalized spacial score (nSPS) is 17.1. The summed E-state index contributed by atoms with van der Waals surface area (Å²) >= 11 is 0. The van der Waals surface area contributed by atoms with Gasteiger partial charge in [0.25, 0.3) is 11.5 Å². The van der Waals surface area contributed by atoms with Gasteiger partial charge in [0.1, 0.15) is 11.4 Å². The zero-order chi connectivity index (χ0) is 19.2. The molecular weight excluding hydrogens is 342 g/mol. The summed E-state index contributed by atoms with van der Waals surface area (Å²) in [7, 11) is 1.70. The quantitative estimate of drug-likeness (QED) is 0.794. The van der Waals surface area contributed by atoms with E-state index in [1.807, 2.05) is 31.2 Å². The van der Waals surface area contributed by atoms with Gasteiger partial charge < -0.3 is 14.6 Å². The third-order valence-electron chi connectivity index (χ3n) is 5.12. The van der Waals surface area contributed by atoms with Crippen LogP contribution in [0.15, 0.2) is 35.3 Å². The number of ether oxygens (including phenoxy) is 1. The van der Waals surface area contributed by atoms with Gasteiger partial charge >= 0.3 is 0 Å². The van der Waals surface area contributed by atoms with E-state index in [0.29, 0.717) is 24.8 Å². The van der Waals surface area contributed by atoms with Gasteiger partial charge in [-0.15, -0.1) is 0 Å². The van der Waals surface area contributed by atoms with Gasteiger partial charge in [-0.05, 0) is 38.5 Å². The maximum Gasteiger partial charge on any atom is 0.264 e. The molecule has 1 amide bonds. The number of piperidine rings is 1. The van der Waals surface area contributed by atoms with Crippen LogP contribution in [0, 0.1) is 12.8 Å². The van der Waals surface area contributed by atoms with Gasteiger partial charge in [-0.2, -0.15) is 0 Å². The van der Waals surface area contributed by atoms with Crippen LogP contribution >= 0.6 is 0 Å². The van der Waals surface area contributed by atoms with Crippen LogP contribution in [0.3, 0.4) is 0 Å². The minimum atomic E-state index is -0.382. The van der Waals surface area contributed by atoms with Crippen LogP contribution in [-0.2, 0) is 4.74 Å². The van der Waals surface area contributed by atoms with Crippen molar-refractivity contribution in [1.82, 2.24) is 14.9 Å². The van der Waals surface area contributed by atoms with E-state index in [1.54, 1.807) is 12.0 Å². The first-order chi connectivity index (χ1) is 13.1. The number of nitrogens with one attached hydrogen (secondary N) is 1. The molecule has 1 aromatic heterocycles. The molecule has 1 aromatic carbocycles. The number of aromatic nitrogens is 2. The zero-order valence-corrected chi connectivity index (χ0v) is 16.0. The summed E-state index contributed by atoms with van der Waals surface area (Å²) in [6.07, 6.45) is 5.53. The molecule has 1 N–H and O–H groups in total. The monoisotopic (exact) mass is 369 g/mol. The smallest absolute Gasteiger partial charge is 0.264 e. The molecule has 1 aliphatic heterocycles. The van der Waals surface area contributed by atoms with Crippen molar-refractivity contribution in [1.29, 1.82) is 0 Å². The topological polar surface area (TPSA) is 75.3 Å². The van der Waals surface area contributed by atoms with Gasteiger partial charge in [0, 0.05) is 38.6 Å². The fourth-order valence-electron chi connectivity index (χ4n) is 3.58. The van der Waals surface area contributed by atoms with Crippen molar-refractivity contribution >= 4 is 5.91 Å². The summed E-state index contributed by atoms with van der Waals surface area (Å²) in [6.45, 7) is 4.14. The number of benzene rings is 1. The van der Waals surface area contributed by atoms with Crippen molar-refractivity contribution in [2.45, 2.75) is 32.6 Å². The summed E-state index contributed by atoms with van der Waals surface area (Å²) in [4.78, 5) is 34.2. The van der Waals surface area contributed by atoms with E-state index in [4.69, 9.17) is 4.74 Å². The van der Waals surface area contributed by atoms with Crippen molar-refractivity contribution in [3.05, 3.63) is 51.9 Å². The molecule has 1 fully saturated rings. The first-order valence-corrected chi connectivity index (χ1v) is 9.53. The average molecular weight is 369 g/mol. The number of amides is 1. The summed E-state index contributed by atoms with van der Waals surface area (Å²) in [5.74, 6) is 0.722. The zero-order valence-electron chi connectivity index (χ0n) is 16.0. The maximum atomic E-state index is 12.8. The molecule has 0 saturated carbocycles. The van der Waals surface area contributed by atoms with E-state index >= 15 is 0 Å². The van der Waals surface area contributed by atoms with Crippen LogP contribution in [0.2, 0.25) is 0 Å². The van der Waals surface area contributed by atoms with E-state index in [2.05, 4.69) is 9.97 Å². The second-order valence-electron chi connectivity index (χ2n) is 7.24. The summed E-state index contributed by atoms with van der Waals surface area (Å²) in [5, 5.41) is 0. The second-order valence-corrected chi connectivity index (χ2v) is 7.24. The van der Waals surface area contributed by atoms with E-state index in [0.717, 1.165) is 43.4 Å². The number of H-pyrrole nitrogens is 1. The van der Waals surface area contributed by atoms with Gasteiger partial charge in [-0.25, -0.2) is 4.98 Å². The Morgan fingerprint density at radius 1 is 1.33 bits per heavy atom. The molecule has 3 rings (SSSR count). The molecule has 0 aliphatic carbocycles. The first kappa shape index (κ1) is 19.3. The van der Waals surface area contributed by atoms with Gasteiger partial charge in [-0.3, -0.25) is 9.59 Å². The molecule has 6 heteroatoms. The predicted molar refractivity (Wildman–Crippen MR) is 105 cm³/mol. The lowest BCUT2D eigenvalue weighted by Crippen LogP contribution is -2.42. The van der Waals surface area contributed by atoms with Crippen LogP contribution in [0.5, 0.6) is 0 Å². The summed E-state index contributed by atoms with van der Waals surface area (Å²) in [6, 6.07) is 7.74. The van der Waals surface area contributed by atoms with Crippen LogP contribution in [-0.4, -0.2) is 47.6 Å². The van der Waals surface area contributed by atoms with E-state index in [-0.39, 0.29) is 17.0 Å². The highest BCUT2D eigenvalue weighted by atomic mass is 16.5. The fourth-order valence-corrected chi connectivity index (χ4v) is 3.58. The lowest BCUT2D eigenvalue weighted by Gasteiger charge is -2.32. The molecule has 2 heterocycles. The van der Waals surface area contributed by atoms with Gasteiger partial charge in [0.15, 0.2) is 0 Å². The largest absolute Gasteiger partial charge is 0.385 e. The Hall–Kier alpha value is -2.47. The molecule has 1 saturated heterocycles. The molecule has 0 spiro atoms. The Bertz CT molecular complexity index is 829. The Kier molecular flexibility index (Phi) is 6.40. The number of methoxy groups -OCH3 is 1. The molecule has 0 unspecified atom stereocenters. The SMILES string of the molecule is COCCC[C@H]1CCCN(C(=O)c2cnc(-c3ccc(C)cc3)[nH]c2=O)C1. The van der Waals surface area contributed by atoms with Crippen LogP contribution in [0.1, 0.15) is 41.6 Å². The number of carbonyl (C=O) groups excluding carboxylic acids is 1. The van der Waals surface area contributed by atoms with Crippen molar-refractivity contribution in [3.8, 4) is 11.4 Å². The van der Waals surface area contributed by atoms with Gasteiger partial charge in [0.05, 0.1) is 0 Å². The van der Waals surface area contributed by atoms with E-state index in [1.165, 1.54) is 6.20 Å². The Morgan fingerprint density at radius 2 is 2.11 bits per heavy atom. The second kappa shape index (κ2) is 8.95. The lowest BCUT2D eigenvalue weighted by molar-refractivity contribution is 0.0658. The highest BCUT2D eigenvalue weighted by molar-refractivity contribution is 5.93. The lowest BCUT2D eigenvalue weighted by atomic mass is 9.93. The number of hydrogen-bond donors (Lipinski definition) is 1. The molecule has 0 bridgehead atoms. The number of nitrogens with zero attached hydrogens (tertiary/aromatic N) is 2. The molecule has 144 valence electrons. The van der Waals surface area contributed by atoms with Crippen molar-refractivity contribution in [3.63, 3.8) is 0 Å². The maximum absolute atomic E-state index is 12.8. The van der Waals surface area contributed by atoms with Gasteiger partial charge in [0.2, 0.25) is 0 Å². The van der Waals surface area contributed by atoms with Crippen molar-refractivity contribution in [2.75, 3.05) is 26.8 Å². The highest BCUT2D eigenvalue weighted by Gasteiger charge is 2.26. The molecule has 0 radical (unpaired) electrons. The number of likely N-dealkylation sites (tertiary alicyclic amines) is 1. The number of rotatable bonds is 6. The number of aromatic amines is 1. The van der Waals surface area contributed by atoms with Crippen LogP contribution in [0.4, 0.5) is 0 Å². The average Bonchev–Trinajstić information content (AvgIpc) is 2.68. The number of aryl methyl sites for hydroxylation is 1. The molecule has 2 aromatic rings. The van der Waals surface area contributed by atoms with Crippen LogP contribution < -0.4 is 5.56 Å². The minimum Gasteiger partial charge on any atom is -0.385 e. The van der Waals surface area contributed by atoms with Crippen LogP contribution in [0.25, 0.3) is 11.4 Å². The fraction of sp³-hybridized carbons (Fsp3) is 0.476. The Labute approximate surface area is 159 Å². The van der Waals surface area contributed by atoms with E-state index < -0.39 is 0 Å². The summed E-state index contributed by atoms with van der Waals surface area (Å²) in [5.41, 5.74) is 1.70. The van der Waals surface area contributed by atoms with E-state index in [9.17, 15) is 9.59 Å². The van der Waals surface area contributed by atoms with Crippen molar-refractivity contribution < 1.29 is 9.53 Å². The highest BCUT2D eigenvalue weighted by Crippen LogP contribution is 2.22. The molecule has 6 nitrogen and oxygen atoms in total. The molecule has 1 aliphatic rings. The predicted octanol–water partition coefficient (Wildman–Crippen LogP) is 3.02. The minimum absolute atomic E-state index is 0.114. The van der Waals surface area contributed by atoms with Gasteiger partial charge in [-0.1, -0.05) is 29.8 Å². The number of hydrogen-bond acceptors (Lipinski definition) is 4. The Morgan fingerprint density at radius 3 is 2.81 bits per heavy atom. The standard InChI is InChI=1S/C21H27N3O3/c1-15-7-9-17(10-8-15)19-22-13-18(20(25)23-19)21(26)24-11-3-5-16(14-24)6-4-12-27-2/h7-10,13,16H,3-6,11-12,14H2,1-2H3,(H,22,23,25)/t16-/m1/s1. The summed E-state index contributed by atoms with van der Waals surface area (Å²) < 4.78 is 5.11. The third-order valence-corrected chi connectivity index (χ3v) is 5.12. The first-order valence-electron chi connectivity index (χ1n) is 9.53.